The van der Waals surface area contributed by atoms with Gasteiger partial charge in [0.05, 0.1) is 0 Å². The van der Waals surface area contributed by atoms with E-state index >= 15 is 0 Å². The van der Waals surface area contributed by atoms with Gasteiger partial charge in [-0.25, -0.2) is 0 Å². The molecule has 0 bridgehead atoms. The fraction of sp³-hybridized carbons (Fsp3) is 0.538. The zero-order valence-corrected chi connectivity index (χ0v) is 10.9. The van der Waals surface area contributed by atoms with Crippen LogP contribution >= 0.6 is 0 Å². The first-order valence-electron chi connectivity index (χ1n) is 6.49. The summed E-state index contributed by atoms with van der Waals surface area (Å²) in [6.45, 7) is 6.70. The van der Waals surface area contributed by atoms with Crippen molar-refractivity contribution in [3.05, 3.63) is 24.2 Å². The molecule has 3 heterocycles. The first-order valence-corrected chi connectivity index (χ1v) is 6.49. The highest BCUT2D eigenvalue weighted by Crippen LogP contribution is 2.27. The Hall–Kier alpha value is -1.62. The van der Waals surface area contributed by atoms with Crippen molar-refractivity contribution in [3.8, 4) is 0 Å². The van der Waals surface area contributed by atoms with Crippen LogP contribution in [0, 0.1) is 0 Å². The molecule has 2 N–H and O–H groups in total. The number of nitrogens with zero attached hydrogens (tertiary/aromatic N) is 4. The predicted octanol–water partition coefficient (Wildman–Crippen LogP) is 1.51. The van der Waals surface area contributed by atoms with Crippen molar-refractivity contribution in [1.29, 1.82) is 0 Å². The molecule has 0 amide bonds. The van der Waals surface area contributed by atoms with Gasteiger partial charge in [0.1, 0.15) is 5.82 Å². The standard InChI is InChI=1S/C13H19N5/c1-9(2)17-5-3-10(8-17)13-16-15-12-7-11(14)4-6-18(12)13/h4,6-7,9-10H,3,5,8,14H2,1-2H3. The number of hydrogen-bond acceptors (Lipinski definition) is 4. The highest BCUT2D eigenvalue weighted by atomic mass is 15.3. The summed E-state index contributed by atoms with van der Waals surface area (Å²) in [6, 6.07) is 4.37. The molecule has 2 aromatic heterocycles. The number of likely N-dealkylation sites (tertiary alicyclic amines) is 1. The summed E-state index contributed by atoms with van der Waals surface area (Å²) < 4.78 is 2.06. The minimum absolute atomic E-state index is 0.478. The molecule has 18 heavy (non-hydrogen) atoms. The van der Waals surface area contributed by atoms with Crippen molar-refractivity contribution in [2.24, 2.45) is 0 Å². The second kappa shape index (κ2) is 4.24. The molecule has 5 heteroatoms. The Kier molecular flexibility index (Phi) is 2.70. The number of anilines is 1. The highest BCUT2D eigenvalue weighted by molar-refractivity contribution is 5.51. The molecule has 1 unspecified atom stereocenters. The Bertz CT molecular complexity index is 560. The van der Waals surface area contributed by atoms with Gasteiger partial charge in [0, 0.05) is 36.5 Å². The molecule has 0 saturated carbocycles. The Balaban J connectivity index is 1.91. The van der Waals surface area contributed by atoms with Crippen LogP contribution < -0.4 is 5.73 Å². The van der Waals surface area contributed by atoms with Crippen molar-refractivity contribution >= 4 is 11.3 Å². The van der Waals surface area contributed by atoms with Crippen LogP contribution in [0.15, 0.2) is 18.3 Å². The number of nitrogen functional groups attached to an aromatic ring is 1. The van der Waals surface area contributed by atoms with Crippen LogP contribution in [0.5, 0.6) is 0 Å². The van der Waals surface area contributed by atoms with Crippen LogP contribution in [0.1, 0.15) is 32.0 Å². The Morgan fingerprint density at radius 2 is 2.22 bits per heavy atom. The largest absolute Gasteiger partial charge is 0.399 e. The van der Waals surface area contributed by atoms with E-state index in [2.05, 4.69) is 33.3 Å². The summed E-state index contributed by atoms with van der Waals surface area (Å²) in [6.07, 6.45) is 3.13. The fourth-order valence-corrected chi connectivity index (χ4v) is 2.67. The average molecular weight is 245 g/mol. The van der Waals surface area contributed by atoms with Gasteiger partial charge < -0.3 is 10.6 Å². The van der Waals surface area contributed by atoms with Gasteiger partial charge in [-0.2, -0.15) is 0 Å². The van der Waals surface area contributed by atoms with E-state index in [9.17, 15) is 0 Å². The van der Waals surface area contributed by atoms with Gasteiger partial charge in [-0.05, 0) is 32.9 Å². The molecule has 1 saturated heterocycles. The average Bonchev–Trinajstić information content (AvgIpc) is 2.92. The lowest BCUT2D eigenvalue weighted by molar-refractivity contribution is 0.271. The minimum atomic E-state index is 0.478. The van der Waals surface area contributed by atoms with Crippen LogP contribution in [0.4, 0.5) is 5.69 Å². The van der Waals surface area contributed by atoms with Gasteiger partial charge in [-0.1, -0.05) is 0 Å². The lowest BCUT2D eigenvalue weighted by atomic mass is 10.1. The smallest absolute Gasteiger partial charge is 0.162 e. The third-order valence-corrected chi connectivity index (χ3v) is 3.78. The summed E-state index contributed by atoms with van der Waals surface area (Å²) in [4.78, 5) is 2.49. The number of rotatable bonds is 2. The molecule has 1 aliphatic rings. The normalized spacial score (nSPS) is 21.2. The molecular formula is C13H19N5. The van der Waals surface area contributed by atoms with Crippen LogP contribution in [0.25, 0.3) is 5.65 Å². The molecule has 0 aromatic carbocycles. The number of aromatic nitrogens is 3. The van der Waals surface area contributed by atoms with E-state index in [0.717, 1.165) is 36.7 Å². The van der Waals surface area contributed by atoms with Gasteiger partial charge in [-0.3, -0.25) is 4.40 Å². The van der Waals surface area contributed by atoms with Gasteiger partial charge in [0.2, 0.25) is 0 Å². The Morgan fingerprint density at radius 3 is 2.94 bits per heavy atom. The van der Waals surface area contributed by atoms with Crippen molar-refractivity contribution < 1.29 is 0 Å². The molecule has 0 aliphatic carbocycles. The molecule has 3 rings (SSSR count). The van der Waals surface area contributed by atoms with Gasteiger partial charge >= 0.3 is 0 Å². The second-order valence-corrected chi connectivity index (χ2v) is 5.32. The Morgan fingerprint density at radius 1 is 1.39 bits per heavy atom. The number of pyridine rings is 1. The van der Waals surface area contributed by atoms with E-state index in [4.69, 9.17) is 5.73 Å². The van der Waals surface area contributed by atoms with E-state index in [1.165, 1.54) is 0 Å². The molecule has 0 radical (unpaired) electrons. The fourth-order valence-electron chi connectivity index (χ4n) is 2.67. The van der Waals surface area contributed by atoms with Crippen molar-refractivity contribution in [3.63, 3.8) is 0 Å². The topological polar surface area (TPSA) is 59.5 Å². The van der Waals surface area contributed by atoms with E-state index in [1.54, 1.807) is 0 Å². The molecule has 5 nitrogen and oxygen atoms in total. The van der Waals surface area contributed by atoms with Crippen molar-refractivity contribution in [1.82, 2.24) is 19.5 Å². The zero-order chi connectivity index (χ0) is 12.7. The first-order chi connectivity index (χ1) is 8.65. The van der Waals surface area contributed by atoms with Crippen LogP contribution in [-0.2, 0) is 0 Å². The summed E-state index contributed by atoms with van der Waals surface area (Å²) in [5, 5.41) is 8.55. The number of hydrogen-bond donors (Lipinski definition) is 1. The quantitative estimate of drug-likeness (QED) is 0.871. The van der Waals surface area contributed by atoms with Crippen LogP contribution in [0.2, 0.25) is 0 Å². The molecule has 1 atom stereocenters. The summed E-state index contributed by atoms with van der Waals surface area (Å²) in [7, 11) is 0. The summed E-state index contributed by atoms with van der Waals surface area (Å²) >= 11 is 0. The predicted molar refractivity (Wildman–Crippen MR) is 71.5 cm³/mol. The molecule has 2 aromatic rings. The SMILES string of the molecule is CC(C)N1CCC(c2nnc3cc(N)ccn23)C1. The Labute approximate surface area is 107 Å². The second-order valence-electron chi connectivity index (χ2n) is 5.32. The maximum absolute atomic E-state index is 5.76. The molecule has 96 valence electrons. The third-order valence-electron chi connectivity index (χ3n) is 3.78. The van der Waals surface area contributed by atoms with E-state index in [0.29, 0.717) is 12.0 Å². The van der Waals surface area contributed by atoms with E-state index in [1.807, 2.05) is 18.3 Å². The van der Waals surface area contributed by atoms with E-state index in [-0.39, 0.29) is 0 Å². The van der Waals surface area contributed by atoms with Crippen molar-refractivity contribution in [2.45, 2.75) is 32.2 Å². The van der Waals surface area contributed by atoms with Gasteiger partial charge in [-0.15, -0.1) is 10.2 Å². The lowest BCUT2D eigenvalue weighted by Gasteiger charge is -2.19. The first kappa shape index (κ1) is 11.5. The third kappa shape index (κ3) is 1.84. The van der Waals surface area contributed by atoms with E-state index < -0.39 is 0 Å². The highest BCUT2D eigenvalue weighted by Gasteiger charge is 2.28. The summed E-state index contributed by atoms with van der Waals surface area (Å²) in [5.41, 5.74) is 7.33. The monoisotopic (exact) mass is 245 g/mol. The van der Waals surface area contributed by atoms with Crippen LogP contribution in [0.3, 0.4) is 0 Å². The van der Waals surface area contributed by atoms with Gasteiger partial charge in [0.25, 0.3) is 0 Å². The maximum Gasteiger partial charge on any atom is 0.162 e. The molecule has 1 aliphatic heterocycles. The maximum atomic E-state index is 5.76. The summed E-state index contributed by atoms with van der Waals surface area (Å²) in [5.74, 6) is 1.54. The lowest BCUT2D eigenvalue weighted by Crippen LogP contribution is -2.28. The minimum Gasteiger partial charge on any atom is -0.399 e. The molecular weight excluding hydrogens is 226 g/mol. The molecule has 0 spiro atoms. The van der Waals surface area contributed by atoms with Gasteiger partial charge in [0.15, 0.2) is 5.65 Å². The molecule has 1 fully saturated rings. The number of nitrogens with two attached hydrogens (primary N) is 1. The van der Waals surface area contributed by atoms with Crippen molar-refractivity contribution in [2.75, 3.05) is 18.8 Å². The van der Waals surface area contributed by atoms with Crippen LogP contribution in [-0.4, -0.2) is 38.6 Å². The zero-order valence-electron chi connectivity index (χ0n) is 10.9. The number of fused-ring (bicyclic) bond motifs is 1.